The van der Waals surface area contributed by atoms with E-state index in [1.165, 1.54) is 11.3 Å². The third-order valence-corrected chi connectivity index (χ3v) is 4.24. The van der Waals surface area contributed by atoms with Crippen LogP contribution in [0.2, 0.25) is 0 Å². The first kappa shape index (κ1) is 16.0. The maximum Gasteiger partial charge on any atom is 0.327 e. The van der Waals surface area contributed by atoms with Crippen molar-refractivity contribution in [1.29, 1.82) is 0 Å². The summed E-state index contributed by atoms with van der Waals surface area (Å²) in [4.78, 5) is 35.6. The number of hydrogen-bond acceptors (Lipinski definition) is 4. The monoisotopic (exact) mass is 319 g/mol. The van der Waals surface area contributed by atoms with Crippen molar-refractivity contribution in [3.63, 3.8) is 0 Å². The summed E-state index contributed by atoms with van der Waals surface area (Å²) in [5, 5.41) is 3.44. The molecule has 3 amide bonds. The lowest BCUT2D eigenvalue weighted by Crippen LogP contribution is -2.49. The van der Waals surface area contributed by atoms with Crippen LogP contribution in [0.5, 0.6) is 0 Å². The van der Waals surface area contributed by atoms with Gasteiger partial charge in [0.2, 0.25) is 0 Å². The molecule has 1 aromatic carbocycles. The molecule has 3 N–H and O–H groups in total. The molecule has 0 spiro atoms. The molecular formula is C15H17N3O3S. The smallest absolute Gasteiger partial charge is 0.327 e. The van der Waals surface area contributed by atoms with E-state index in [0.717, 1.165) is 15.6 Å². The first-order valence-corrected chi connectivity index (χ1v) is 7.61. The van der Waals surface area contributed by atoms with Crippen LogP contribution in [0.4, 0.5) is 0 Å². The van der Waals surface area contributed by atoms with Gasteiger partial charge in [0, 0.05) is 10.7 Å². The third-order valence-electron chi connectivity index (χ3n) is 2.97. The van der Waals surface area contributed by atoms with E-state index in [2.05, 4.69) is 16.2 Å². The van der Waals surface area contributed by atoms with Crippen molar-refractivity contribution in [2.45, 2.75) is 26.8 Å². The topological polar surface area (TPSA) is 87.3 Å². The lowest BCUT2D eigenvalue weighted by atomic mass is 10.1. The molecule has 0 fully saturated rings. The Morgan fingerprint density at radius 2 is 1.73 bits per heavy atom. The van der Waals surface area contributed by atoms with E-state index >= 15 is 0 Å². The van der Waals surface area contributed by atoms with Crippen LogP contribution in [0.1, 0.15) is 29.1 Å². The van der Waals surface area contributed by atoms with Crippen LogP contribution in [-0.2, 0) is 9.59 Å². The van der Waals surface area contributed by atoms with Crippen molar-refractivity contribution in [2.24, 2.45) is 0 Å². The second kappa shape index (κ2) is 6.57. The minimum absolute atomic E-state index is 0.154. The van der Waals surface area contributed by atoms with Gasteiger partial charge in [-0.2, -0.15) is 0 Å². The molecule has 0 saturated heterocycles. The van der Waals surface area contributed by atoms with Crippen LogP contribution in [0, 0.1) is 6.92 Å². The first-order chi connectivity index (χ1) is 10.4. The molecule has 22 heavy (non-hydrogen) atoms. The summed E-state index contributed by atoms with van der Waals surface area (Å²) < 4.78 is 0.994. The van der Waals surface area contributed by atoms with Crippen LogP contribution < -0.4 is 16.2 Å². The van der Waals surface area contributed by atoms with Gasteiger partial charge < -0.3 is 5.32 Å². The van der Waals surface area contributed by atoms with Gasteiger partial charge in [0.1, 0.15) is 0 Å². The highest BCUT2D eigenvalue weighted by Crippen LogP contribution is 2.30. The van der Waals surface area contributed by atoms with Crippen molar-refractivity contribution in [3.8, 4) is 0 Å². The molecule has 7 heteroatoms. The van der Waals surface area contributed by atoms with E-state index in [-0.39, 0.29) is 6.04 Å². The Morgan fingerprint density at radius 1 is 1.05 bits per heavy atom. The Hall–Kier alpha value is -2.41. The number of carbonyl (C=O) groups excluding carboxylic acids is 3. The van der Waals surface area contributed by atoms with E-state index in [1.54, 1.807) is 13.8 Å². The quantitative estimate of drug-likeness (QED) is 0.579. The van der Waals surface area contributed by atoms with Crippen molar-refractivity contribution >= 4 is 39.1 Å². The third kappa shape index (κ3) is 3.43. The Bertz CT molecular complexity index is 737. The number of hydrogen-bond donors (Lipinski definition) is 3. The van der Waals surface area contributed by atoms with E-state index in [0.29, 0.717) is 4.88 Å². The first-order valence-electron chi connectivity index (χ1n) is 6.79. The molecule has 116 valence electrons. The molecule has 6 nitrogen and oxygen atoms in total. The van der Waals surface area contributed by atoms with Gasteiger partial charge >= 0.3 is 11.8 Å². The molecule has 2 aromatic rings. The van der Waals surface area contributed by atoms with Gasteiger partial charge in [-0.15, -0.1) is 11.3 Å². The molecule has 0 aliphatic rings. The standard InChI is InChI=1S/C15H17N3O3S/c1-8(2)16-14(20)15(21)18-17-13(19)12-9(3)10-6-4-5-7-11(10)22-12/h4-8H,1-3H3,(H,16,20)(H,17,19)(H,18,21). The van der Waals surface area contributed by atoms with Gasteiger partial charge in [-0.1, -0.05) is 18.2 Å². The van der Waals surface area contributed by atoms with Crippen LogP contribution in [0.15, 0.2) is 24.3 Å². The Morgan fingerprint density at radius 3 is 2.36 bits per heavy atom. The Kier molecular flexibility index (Phi) is 4.77. The maximum absolute atomic E-state index is 12.1. The summed E-state index contributed by atoms with van der Waals surface area (Å²) in [6.07, 6.45) is 0. The lowest BCUT2D eigenvalue weighted by molar-refractivity contribution is -0.139. The Balaban J connectivity index is 2.04. The number of nitrogens with one attached hydrogen (secondary N) is 3. The highest BCUT2D eigenvalue weighted by molar-refractivity contribution is 7.21. The molecule has 0 aliphatic carbocycles. The van der Waals surface area contributed by atoms with Crippen molar-refractivity contribution in [2.75, 3.05) is 0 Å². The van der Waals surface area contributed by atoms with Crippen LogP contribution >= 0.6 is 11.3 Å². The number of rotatable bonds is 2. The largest absolute Gasteiger partial charge is 0.346 e. The fourth-order valence-electron chi connectivity index (χ4n) is 1.95. The molecule has 0 radical (unpaired) electrons. The number of benzene rings is 1. The minimum Gasteiger partial charge on any atom is -0.346 e. The molecule has 0 atom stereocenters. The van der Waals surface area contributed by atoms with Gasteiger partial charge in [-0.05, 0) is 37.8 Å². The lowest BCUT2D eigenvalue weighted by Gasteiger charge is -2.09. The number of hydrazine groups is 1. The molecule has 1 aromatic heterocycles. The second-order valence-electron chi connectivity index (χ2n) is 5.09. The van der Waals surface area contributed by atoms with E-state index in [4.69, 9.17) is 0 Å². The molecule has 0 aliphatic heterocycles. The van der Waals surface area contributed by atoms with E-state index in [9.17, 15) is 14.4 Å². The van der Waals surface area contributed by atoms with Crippen molar-refractivity contribution in [1.82, 2.24) is 16.2 Å². The molecule has 0 saturated carbocycles. The molecule has 2 rings (SSSR count). The van der Waals surface area contributed by atoms with Crippen LogP contribution in [0.25, 0.3) is 10.1 Å². The summed E-state index contributed by atoms with van der Waals surface area (Å²) >= 11 is 1.34. The van der Waals surface area contributed by atoms with Gasteiger partial charge in [-0.25, -0.2) is 0 Å². The van der Waals surface area contributed by atoms with Gasteiger partial charge in [0.15, 0.2) is 0 Å². The molecule has 0 unspecified atom stereocenters. The zero-order valence-electron chi connectivity index (χ0n) is 12.5. The zero-order chi connectivity index (χ0) is 16.3. The van der Waals surface area contributed by atoms with Gasteiger partial charge in [0.05, 0.1) is 4.88 Å². The number of amides is 3. The minimum atomic E-state index is -0.902. The Labute approximate surface area is 131 Å². The molecule has 0 bridgehead atoms. The number of thiophene rings is 1. The van der Waals surface area contributed by atoms with Crippen LogP contribution in [0.3, 0.4) is 0 Å². The van der Waals surface area contributed by atoms with Crippen LogP contribution in [-0.4, -0.2) is 23.8 Å². The summed E-state index contributed by atoms with van der Waals surface area (Å²) in [6, 6.07) is 7.52. The number of carbonyl (C=O) groups is 3. The fraction of sp³-hybridized carbons (Fsp3) is 0.267. The molecular weight excluding hydrogens is 302 g/mol. The van der Waals surface area contributed by atoms with Crippen molar-refractivity contribution < 1.29 is 14.4 Å². The summed E-state index contributed by atoms with van der Waals surface area (Å²) in [5.41, 5.74) is 5.23. The summed E-state index contributed by atoms with van der Waals surface area (Å²) in [6.45, 7) is 5.33. The predicted molar refractivity (Wildman–Crippen MR) is 85.4 cm³/mol. The number of fused-ring (bicyclic) bond motifs is 1. The zero-order valence-corrected chi connectivity index (χ0v) is 13.3. The number of aryl methyl sites for hydroxylation is 1. The highest BCUT2D eigenvalue weighted by atomic mass is 32.1. The maximum atomic E-state index is 12.1. The van der Waals surface area contributed by atoms with E-state index < -0.39 is 17.7 Å². The van der Waals surface area contributed by atoms with Gasteiger partial charge in [0.25, 0.3) is 5.91 Å². The van der Waals surface area contributed by atoms with Crippen molar-refractivity contribution in [3.05, 3.63) is 34.7 Å². The molecule has 1 heterocycles. The second-order valence-corrected chi connectivity index (χ2v) is 6.14. The van der Waals surface area contributed by atoms with E-state index in [1.807, 2.05) is 31.2 Å². The fourth-order valence-corrected chi connectivity index (χ4v) is 3.05. The normalized spacial score (nSPS) is 10.5. The average Bonchev–Trinajstić information content (AvgIpc) is 2.81. The predicted octanol–water partition coefficient (Wildman–Crippen LogP) is 1.50. The highest BCUT2D eigenvalue weighted by Gasteiger charge is 2.18. The summed E-state index contributed by atoms with van der Waals surface area (Å²) in [5.74, 6) is -2.13. The SMILES string of the molecule is Cc1c(C(=O)NNC(=O)C(=O)NC(C)C)sc2ccccc12. The summed E-state index contributed by atoms with van der Waals surface area (Å²) in [7, 11) is 0. The average molecular weight is 319 g/mol. The van der Waals surface area contributed by atoms with Gasteiger partial charge in [-0.3, -0.25) is 25.2 Å².